The van der Waals surface area contributed by atoms with E-state index in [2.05, 4.69) is 26.9 Å². The van der Waals surface area contributed by atoms with Crippen molar-refractivity contribution in [2.24, 2.45) is 0 Å². The highest BCUT2D eigenvalue weighted by Gasteiger charge is 2.29. The first-order valence-corrected chi connectivity index (χ1v) is 9.86. The first-order chi connectivity index (χ1) is 7.04. The monoisotopic (exact) mass is 248 g/mol. The number of hydrogen-bond acceptors (Lipinski definition) is 2. The van der Waals surface area contributed by atoms with Crippen molar-refractivity contribution in [1.29, 1.82) is 0 Å². The standard InChI is InChI=1S/C12H28OSSi/c1-5-7-8-9-10-11-12(14)15(3,4)13-6-2/h12,14H,5-11H2,1-4H3. The molecule has 0 spiro atoms. The minimum atomic E-state index is -1.51. The predicted molar refractivity (Wildman–Crippen MR) is 75.3 cm³/mol. The van der Waals surface area contributed by atoms with Crippen LogP contribution in [0.2, 0.25) is 13.1 Å². The van der Waals surface area contributed by atoms with Gasteiger partial charge >= 0.3 is 0 Å². The van der Waals surface area contributed by atoms with Gasteiger partial charge in [0.1, 0.15) is 0 Å². The van der Waals surface area contributed by atoms with Crippen molar-refractivity contribution in [3.05, 3.63) is 0 Å². The maximum atomic E-state index is 5.83. The van der Waals surface area contributed by atoms with E-state index in [0.717, 1.165) is 6.61 Å². The summed E-state index contributed by atoms with van der Waals surface area (Å²) < 4.78 is 5.83. The molecule has 0 bridgehead atoms. The lowest BCUT2D eigenvalue weighted by atomic mass is 10.1. The van der Waals surface area contributed by atoms with Crippen LogP contribution in [0.1, 0.15) is 52.4 Å². The SMILES string of the molecule is CCCCCCCC(S)[Si](C)(C)OCC. The maximum absolute atomic E-state index is 5.83. The fourth-order valence-corrected chi connectivity index (χ4v) is 4.00. The van der Waals surface area contributed by atoms with Crippen molar-refractivity contribution < 1.29 is 4.43 Å². The molecule has 0 aromatic heterocycles. The Balaban J connectivity index is 3.58. The van der Waals surface area contributed by atoms with Crippen LogP contribution in [0, 0.1) is 0 Å². The molecule has 0 amide bonds. The minimum absolute atomic E-state index is 0.499. The Kier molecular flexibility index (Phi) is 8.96. The molecular formula is C12H28OSSi. The Labute approximate surface area is 103 Å². The smallest absolute Gasteiger partial charge is 0.199 e. The van der Waals surface area contributed by atoms with E-state index in [9.17, 15) is 0 Å². The Morgan fingerprint density at radius 1 is 1.07 bits per heavy atom. The summed E-state index contributed by atoms with van der Waals surface area (Å²) in [4.78, 5) is 0.499. The molecule has 0 aromatic rings. The second kappa shape index (κ2) is 8.65. The van der Waals surface area contributed by atoms with Gasteiger partial charge in [-0.15, -0.1) is 0 Å². The molecule has 0 radical (unpaired) electrons. The number of thiol groups is 1. The van der Waals surface area contributed by atoms with Crippen LogP contribution in [0.3, 0.4) is 0 Å². The van der Waals surface area contributed by atoms with Gasteiger partial charge in [-0.1, -0.05) is 39.0 Å². The van der Waals surface area contributed by atoms with Gasteiger partial charge in [-0.05, 0) is 26.4 Å². The first kappa shape index (κ1) is 15.5. The van der Waals surface area contributed by atoms with Crippen LogP contribution >= 0.6 is 12.6 Å². The molecule has 0 aromatic carbocycles. The number of unbranched alkanes of at least 4 members (excludes halogenated alkanes) is 4. The molecule has 0 fully saturated rings. The molecule has 0 aliphatic rings. The van der Waals surface area contributed by atoms with Crippen LogP contribution in [0.15, 0.2) is 0 Å². The molecule has 1 unspecified atom stereocenters. The van der Waals surface area contributed by atoms with E-state index >= 15 is 0 Å². The van der Waals surface area contributed by atoms with Gasteiger partial charge in [0.05, 0.1) is 0 Å². The predicted octanol–water partition coefficient (Wildman–Crippen LogP) is 4.43. The molecule has 15 heavy (non-hydrogen) atoms. The van der Waals surface area contributed by atoms with E-state index in [-0.39, 0.29) is 0 Å². The van der Waals surface area contributed by atoms with E-state index in [4.69, 9.17) is 17.1 Å². The molecule has 1 atom stereocenters. The molecule has 3 heteroatoms. The summed E-state index contributed by atoms with van der Waals surface area (Å²) in [6.07, 6.45) is 7.99. The van der Waals surface area contributed by atoms with Crippen molar-refractivity contribution in [3.8, 4) is 0 Å². The average Bonchev–Trinajstić information content (AvgIpc) is 2.17. The van der Waals surface area contributed by atoms with Crippen LogP contribution in [0.4, 0.5) is 0 Å². The highest BCUT2D eigenvalue weighted by Crippen LogP contribution is 2.21. The molecule has 0 saturated carbocycles. The lowest BCUT2D eigenvalue weighted by Crippen LogP contribution is -2.41. The third-order valence-electron chi connectivity index (χ3n) is 2.90. The van der Waals surface area contributed by atoms with Crippen molar-refractivity contribution in [2.75, 3.05) is 6.61 Å². The molecular weight excluding hydrogens is 220 g/mol. The van der Waals surface area contributed by atoms with E-state index < -0.39 is 8.32 Å². The molecule has 1 nitrogen and oxygen atoms in total. The fourth-order valence-electron chi connectivity index (χ4n) is 1.76. The maximum Gasteiger partial charge on any atom is 0.199 e. The van der Waals surface area contributed by atoms with Gasteiger partial charge in [-0.3, -0.25) is 0 Å². The van der Waals surface area contributed by atoms with Crippen LogP contribution in [0.25, 0.3) is 0 Å². The quantitative estimate of drug-likeness (QED) is 0.361. The van der Waals surface area contributed by atoms with Gasteiger partial charge in [-0.2, -0.15) is 12.6 Å². The number of hydrogen-bond donors (Lipinski definition) is 1. The third kappa shape index (κ3) is 7.42. The molecule has 0 aliphatic heterocycles. The topological polar surface area (TPSA) is 9.23 Å². The van der Waals surface area contributed by atoms with E-state index in [1.165, 1.54) is 38.5 Å². The average molecular weight is 249 g/mol. The summed E-state index contributed by atoms with van der Waals surface area (Å²) in [6.45, 7) is 9.73. The summed E-state index contributed by atoms with van der Waals surface area (Å²) in [7, 11) is -1.51. The molecule has 0 saturated heterocycles. The van der Waals surface area contributed by atoms with Gasteiger partial charge < -0.3 is 4.43 Å². The van der Waals surface area contributed by atoms with Crippen LogP contribution < -0.4 is 0 Å². The fraction of sp³-hybridized carbons (Fsp3) is 1.00. The van der Waals surface area contributed by atoms with E-state index in [1.807, 2.05) is 0 Å². The van der Waals surface area contributed by atoms with Crippen LogP contribution in [-0.2, 0) is 4.43 Å². The Morgan fingerprint density at radius 3 is 2.20 bits per heavy atom. The van der Waals surface area contributed by atoms with E-state index in [1.54, 1.807) is 0 Å². The molecule has 0 N–H and O–H groups in total. The highest BCUT2D eigenvalue weighted by molar-refractivity contribution is 7.83. The summed E-state index contributed by atoms with van der Waals surface area (Å²) in [5, 5.41) is 0. The lowest BCUT2D eigenvalue weighted by Gasteiger charge is -2.28. The summed E-state index contributed by atoms with van der Waals surface area (Å²) in [6, 6.07) is 0. The second-order valence-corrected chi connectivity index (χ2v) is 10.1. The van der Waals surface area contributed by atoms with Gasteiger partial charge in [0, 0.05) is 11.5 Å². The Morgan fingerprint density at radius 2 is 1.67 bits per heavy atom. The van der Waals surface area contributed by atoms with Gasteiger partial charge in [0.2, 0.25) is 0 Å². The zero-order chi connectivity index (χ0) is 11.7. The first-order valence-electron chi connectivity index (χ1n) is 6.36. The van der Waals surface area contributed by atoms with Gasteiger partial charge in [-0.25, -0.2) is 0 Å². The van der Waals surface area contributed by atoms with Crippen molar-refractivity contribution in [2.45, 2.75) is 70.3 Å². The zero-order valence-electron chi connectivity index (χ0n) is 10.9. The largest absolute Gasteiger partial charge is 0.417 e. The zero-order valence-corrected chi connectivity index (χ0v) is 12.8. The summed E-state index contributed by atoms with van der Waals surface area (Å²) >= 11 is 4.71. The summed E-state index contributed by atoms with van der Waals surface area (Å²) in [5.41, 5.74) is 0. The molecule has 0 aliphatic carbocycles. The number of rotatable bonds is 9. The Hall–Kier alpha value is 0.527. The molecule has 0 rings (SSSR count). The normalized spacial score (nSPS) is 14.2. The Bertz CT molecular complexity index is 151. The summed E-state index contributed by atoms with van der Waals surface area (Å²) in [5.74, 6) is 0. The highest BCUT2D eigenvalue weighted by atomic mass is 32.1. The van der Waals surface area contributed by atoms with Crippen LogP contribution in [0.5, 0.6) is 0 Å². The third-order valence-corrected chi connectivity index (χ3v) is 7.95. The van der Waals surface area contributed by atoms with E-state index in [0.29, 0.717) is 4.87 Å². The minimum Gasteiger partial charge on any atom is -0.417 e. The molecule has 0 heterocycles. The van der Waals surface area contributed by atoms with Crippen LogP contribution in [-0.4, -0.2) is 19.8 Å². The molecule has 92 valence electrons. The van der Waals surface area contributed by atoms with Gasteiger partial charge in [0.15, 0.2) is 8.32 Å². The van der Waals surface area contributed by atoms with Crippen molar-refractivity contribution in [3.63, 3.8) is 0 Å². The second-order valence-electron chi connectivity index (χ2n) is 4.76. The van der Waals surface area contributed by atoms with Crippen molar-refractivity contribution >= 4 is 20.9 Å². The van der Waals surface area contributed by atoms with Crippen molar-refractivity contribution in [1.82, 2.24) is 0 Å². The lowest BCUT2D eigenvalue weighted by molar-refractivity contribution is 0.326. The van der Waals surface area contributed by atoms with Gasteiger partial charge in [0.25, 0.3) is 0 Å².